The largest absolute Gasteiger partial charge is 0.383 e. The summed E-state index contributed by atoms with van der Waals surface area (Å²) in [4.78, 5) is 26.2. The van der Waals surface area contributed by atoms with E-state index in [4.69, 9.17) is 0 Å². The van der Waals surface area contributed by atoms with Gasteiger partial charge in [-0.05, 0) is 47.8 Å². The van der Waals surface area contributed by atoms with Gasteiger partial charge in [-0.1, -0.05) is 31.0 Å². The van der Waals surface area contributed by atoms with E-state index >= 15 is 0 Å². The molecule has 10 heteroatoms. The first-order chi connectivity index (χ1) is 16.0. The Bertz CT molecular complexity index is 1280. The number of nitrogens with zero attached hydrogens (tertiary/aromatic N) is 3. The molecule has 3 N–H and O–H groups in total. The molecule has 0 radical (unpaired) electrons. The van der Waals surface area contributed by atoms with Gasteiger partial charge in [0.2, 0.25) is 11.4 Å². The highest BCUT2D eigenvalue weighted by Crippen LogP contribution is 2.28. The van der Waals surface area contributed by atoms with E-state index in [9.17, 15) is 14.9 Å². The average Bonchev–Trinajstić information content (AvgIpc) is 3.40. The number of benzene rings is 2. The maximum Gasteiger partial charge on any atom is 0.300 e. The lowest BCUT2D eigenvalue weighted by Gasteiger charge is -2.07. The lowest BCUT2D eigenvalue weighted by molar-refractivity contribution is -0.383. The molecule has 0 aliphatic rings. The SMILES string of the molecule is Cc1[nH]c2ccccc2c1CC(=O)NCCCCCCNc1ccc([N+](=O)[O-])c2nonc12. The maximum absolute atomic E-state index is 12.4. The fourth-order valence-electron chi connectivity index (χ4n) is 3.98. The molecule has 0 aliphatic carbocycles. The molecule has 0 fully saturated rings. The topological polar surface area (TPSA) is 139 Å². The van der Waals surface area contributed by atoms with Gasteiger partial charge in [0, 0.05) is 35.8 Å². The smallest absolute Gasteiger partial charge is 0.300 e. The van der Waals surface area contributed by atoms with Crippen molar-refractivity contribution in [2.75, 3.05) is 18.4 Å². The van der Waals surface area contributed by atoms with Gasteiger partial charge in [-0.2, -0.15) is 0 Å². The van der Waals surface area contributed by atoms with Gasteiger partial charge in [-0.3, -0.25) is 14.9 Å². The number of carbonyl (C=O) groups is 1. The number of rotatable bonds is 11. The molecule has 0 bridgehead atoms. The van der Waals surface area contributed by atoms with E-state index in [1.165, 1.54) is 6.07 Å². The van der Waals surface area contributed by atoms with Crippen LogP contribution in [0.15, 0.2) is 41.0 Å². The number of nitrogens with one attached hydrogen (secondary N) is 3. The van der Waals surface area contributed by atoms with E-state index in [0.29, 0.717) is 30.7 Å². The molecule has 4 aromatic rings. The molecule has 2 aromatic carbocycles. The number of nitro benzene ring substituents is 1. The Kier molecular flexibility index (Phi) is 6.82. The van der Waals surface area contributed by atoms with E-state index in [1.54, 1.807) is 6.07 Å². The summed E-state index contributed by atoms with van der Waals surface area (Å²) in [5.41, 5.74) is 4.18. The number of aryl methyl sites for hydroxylation is 1. The molecular formula is C23H26N6O4. The molecule has 0 aliphatic heterocycles. The zero-order chi connectivity index (χ0) is 23.2. The van der Waals surface area contributed by atoms with Crippen LogP contribution in [0.4, 0.5) is 11.4 Å². The van der Waals surface area contributed by atoms with Crippen molar-refractivity contribution < 1.29 is 14.3 Å². The lowest BCUT2D eigenvalue weighted by Crippen LogP contribution is -2.26. The molecule has 0 atom stereocenters. The number of H-pyrrole nitrogens is 1. The zero-order valence-corrected chi connectivity index (χ0v) is 18.4. The molecular weight excluding hydrogens is 424 g/mol. The summed E-state index contributed by atoms with van der Waals surface area (Å²) >= 11 is 0. The Morgan fingerprint density at radius 1 is 1.06 bits per heavy atom. The van der Waals surface area contributed by atoms with Gasteiger partial charge in [-0.25, -0.2) is 4.63 Å². The van der Waals surface area contributed by atoms with Crippen molar-refractivity contribution in [1.82, 2.24) is 20.6 Å². The number of nitro groups is 1. The molecule has 33 heavy (non-hydrogen) atoms. The van der Waals surface area contributed by atoms with E-state index < -0.39 is 4.92 Å². The fraction of sp³-hybridized carbons (Fsp3) is 0.348. The van der Waals surface area contributed by atoms with Crippen LogP contribution in [-0.2, 0) is 11.2 Å². The van der Waals surface area contributed by atoms with Gasteiger partial charge >= 0.3 is 5.69 Å². The Morgan fingerprint density at radius 3 is 2.64 bits per heavy atom. The van der Waals surface area contributed by atoms with E-state index in [1.807, 2.05) is 31.2 Å². The third-order valence-corrected chi connectivity index (χ3v) is 5.70. The highest BCUT2D eigenvalue weighted by atomic mass is 16.6. The van der Waals surface area contributed by atoms with Crippen LogP contribution in [0.2, 0.25) is 0 Å². The second-order valence-corrected chi connectivity index (χ2v) is 7.99. The average molecular weight is 450 g/mol. The number of aromatic nitrogens is 3. The predicted octanol–water partition coefficient (Wildman–Crippen LogP) is 4.25. The summed E-state index contributed by atoms with van der Waals surface area (Å²) in [6.07, 6.45) is 4.20. The summed E-state index contributed by atoms with van der Waals surface area (Å²) in [7, 11) is 0. The third-order valence-electron chi connectivity index (χ3n) is 5.70. The number of para-hydroxylation sites is 1. The number of hydrogen-bond donors (Lipinski definition) is 3. The molecule has 172 valence electrons. The predicted molar refractivity (Wildman–Crippen MR) is 125 cm³/mol. The van der Waals surface area contributed by atoms with Crippen molar-refractivity contribution >= 4 is 39.2 Å². The van der Waals surface area contributed by atoms with Crippen molar-refractivity contribution in [2.24, 2.45) is 0 Å². The van der Waals surface area contributed by atoms with Gasteiger partial charge in [0.1, 0.15) is 0 Å². The monoisotopic (exact) mass is 450 g/mol. The number of aromatic amines is 1. The summed E-state index contributed by atoms with van der Waals surface area (Å²) < 4.78 is 4.67. The minimum absolute atomic E-state index is 0.0351. The maximum atomic E-state index is 12.4. The molecule has 0 saturated carbocycles. The van der Waals surface area contributed by atoms with Crippen LogP contribution in [0.1, 0.15) is 36.9 Å². The number of anilines is 1. The van der Waals surface area contributed by atoms with Gasteiger partial charge in [0.25, 0.3) is 0 Å². The normalized spacial score (nSPS) is 11.2. The molecule has 2 aromatic heterocycles. The van der Waals surface area contributed by atoms with Crippen molar-refractivity contribution in [2.45, 2.75) is 39.0 Å². The molecule has 0 unspecified atom stereocenters. The summed E-state index contributed by atoms with van der Waals surface area (Å²) in [6, 6.07) is 11.0. The first-order valence-corrected chi connectivity index (χ1v) is 11.0. The van der Waals surface area contributed by atoms with Crippen LogP contribution in [0.5, 0.6) is 0 Å². The van der Waals surface area contributed by atoms with E-state index in [2.05, 4.69) is 30.6 Å². The number of non-ortho nitro benzene ring substituents is 1. The number of hydrogen-bond acceptors (Lipinski definition) is 7. The van der Waals surface area contributed by atoms with Crippen LogP contribution in [-0.4, -0.2) is 39.2 Å². The number of unbranched alkanes of at least 4 members (excludes halogenated alkanes) is 3. The highest BCUT2D eigenvalue weighted by molar-refractivity contribution is 5.93. The first-order valence-electron chi connectivity index (χ1n) is 11.0. The van der Waals surface area contributed by atoms with E-state index in [-0.39, 0.29) is 17.1 Å². The van der Waals surface area contributed by atoms with Crippen molar-refractivity contribution in [3.05, 3.63) is 57.8 Å². The second kappa shape index (κ2) is 10.1. The molecule has 4 rings (SSSR count). The minimum atomic E-state index is -0.503. The van der Waals surface area contributed by atoms with Crippen LogP contribution >= 0.6 is 0 Å². The second-order valence-electron chi connectivity index (χ2n) is 7.99. The quantitative estimate of drug-likeness (QED) is 0.176. The Morgan fingerprint density at radius 2 is 1.82 bits per heavy atom. The third kappa shape index (κ3) is 5.11. The molecule has 1 amide bonds. The van der Waals surface area contributed by atoms with Crippen LogP contribution in [0, 0.1) is 17.0 Å². The van der Waals surface area contributed by atoms with Crippen LogP contribution in [0.25, 0.3) is 21.9 Å². The Balaban J connectivity index is 1.14. The summed E-state index contributed by atoms with van der Waals surface area (Å²) in [6.45, 7) is 3.35. The fourth-order valence-corrected chi connectivity index (χ4v) is 3.98. The van der Waals surface area contributed by atoms with Gasteiger partial charge in [-0.15, -0.1) is 0 Å². The summed E-state index contributed by atoms with van der Waals surface area (Å²) in [5.74, 6) is 0.0351. The lowest BCUT2D eigenvalue weighted by atomic mass is 10.1. The minimum Gasteiger partial charge on any atom is -0.383 e. The number of carbonyl (C=O) groups excluding carboxylic acids is 1. The Labute approximate surface area is 189 Å². The first kappa shape index (κ1) is 22.3. The van der Waals surface area contributed by atoms with Crippen LogP contribution in [0.3, 0.4) is 0 Å². The molecule has 10 nitrogen and oxygen atoms in total. The van der Waals surface area contributed by atoms with Gasteiger partial charge < -0.3 is 15.6 Å². The zero-order valence-electron chi connectivity index (χ0n) is 18.4. The molecule has 2 heterocycles. The molecule has 0 saturated heterocycles. The molecule has 0 spiro atoms. The van der Waals surface area contributed by atoms with Crippen molar-refractivity contribution in [3.63, 3.8) is 0 Å². The van der Waals surface area contributed by atoms with Gasteiger partial charge in [0.05, 0.1) is 17.0 Å². The number of fused-ring (bicyclic) bond motifs is 2. The van der Waals surface area contributed by atoms with E-state index in [0.717, 1.165) is 47.8 Å². The highest BCUT2D eigenvalue weighted by Gasteiger charge is 2.19. The Hall–Kier alpha value is -3.95. The summed E-state index contributed by atoms with van der Waals surface area (Å²) in [5, 5.41) is 25.8. The van der Waals surface area contributed by atoms with Crippen LogP contribution < -0.4 is 10.6 Å². The number of amides is 1. The van der Waals surface area contributed by atoms with Crippen molar-refractivity contribution in [3.8, 4) is 0 Å². The standard InChI is InChI=1S/C23H26N6O4/c1-15-17(16-8-4-5-9-18(16)26-15)14-21(30)25-13-7-3-2-6-12-24-19-10-11-20(29(31)32)23-22(19)27-33-28-23/h4-5,8-11,24,26H,2-3,6-7,12-14H2,1H3,(H,25,30). The van der Waals surface area contributed by atoms with Crippen molar-refractivity contribution in [1.29, 1.82) is 0 Å². The van der Waals surface area contributed by atoms with Gasteiger partial charge in [0.15, 0.2) is 5.52 Å².